The Morgan fingerprint density at radius 2 is 1.83 bits per heavy atom. The zero-order chi connectivity index (χ0) is 34.4. The van der Waals surface area contributed by atoms with Gasteiger partial charge in [0.05, 0.1) is 17.6 Å². The summed E-state index contributed by atoms with van der Waals surface area (Å²) in [7, 11) is -3.33. The predicted molar refractivity (Wildman–Crippen MR) is 170 cm³/mol. The number of carboxylic acids is 1. The largest absolute Gasteiger partial charge is 0.480 e. The Kier molecular flexibility index (Phi) is 9.06. The zero-order valence-corrected chi connectivity index (χ0v) is 27.5. The average molecular weight is 693 g/mol. The van der Waals surface area contributed by atoms with Gasteiger partial charge in [0.1, 0.15) is 11.9 Å². The molecule has 5 heterocycles. The molecule has 0 aliphatic carbocycles. The van der Waals surface area contributed by atoms with Crippen LogP contribution in [0.5, 0.6) is 5.88 Å². The Bertz CT molecular complexity index is 1770. The highest BCUT2D eigenvalue weighted by atomic mass is 32.2. The van der Waals surface area contributed by atoms with Gasteiger partial charge >= 0.3 is 12.1 Å². The molecule has 13 nitrogen and oxygen atoms in total. The van der Waals surface area contributed by atoms with E-state index in [-0.39, 0.29) is 34.4 Å². The SMILES string of the molecule is Cc1ccn(-c2cc(C3CCN(S(C)(=O)=O)CC3)ccc2C(Oc2cc(N3CCC4(CC3)CNC(C(=O)O)C4)nc(N)n2)C(F)(F)F)n1. The number of carboxylic acid groups (broad SMARTS) is 1. The minimum absolute atomic E-state index is 0.0550. The van der Waals surface area contributed by atoms with Crippen molar-refractivity contribution in [1.82, 2.24) is 29.4 Å². The van der Waals surface area contributed by atoms with Gasteiger partial charge in [-0.3, -0.25) is 4.79 Å². The van der Waals surface area contributed by atoms with E-state index >= 15 is 0 Å². The highest BCUT2D eigenvalue weighted by molar-refractivity contribution is 7.88. The number of rotatable bonds is 8. The number of hydrogen-bond donors (Lipinski definition) is 3. The Morgan fingerprint density at radius 1 is 1.12 bits per heavy atom. The zero-order valence-electron chi connectivity index (χ0n) is 26.7. The number of benzene rings is 1. The molecule has 3 saturated heterocycles. The molecular formula is C31H39F3N8O5S. The number of nitrogen functional groups attached to an aromatic ring is 1. The van der Waals surface area contributed by atoms with Crippen LogP contribution in [-0.2, 0) is 14.8 Å². The van der Waals surface area contributed by atoms with Gasteiger partial charge in [0, 0.05) is 50.6 Å². The van der Waals surface area contributed by atoms with Crippen LogP contribution in [-0.4, -0.2) is 94.7 Å². The first kappa shape index (κ1) is 33.9. The summed E-state index contributed by atoms with van der Waals surface area (Å²) in [6, 6.07) is 7.13. The first-order chi connectivity index (χ1) is 22.6. The van der Waals surface area contributed by atoms with E-state index in [4.69, 9.17) is 10.5 Å². The van der Waals surface area contributed by atoms with E-state index in [9.17, 15) is 31.5 Å². The van der Waals surface area contributed by atoms with Crippen molar-refractivity contribution >= 4 is 27.8 Å². The number of hydrogen-bond acceptors (Lipinski definition) is 10. The Labute approximate surface area is 276 Å². The molecule has 2 aromatic heterocycles. The summed E-state index contributed by atoms with van der Waals surface area (Å²) >= 11 is 0. The van der Waals surface area contributed by atoms with Gasteiger partial charge in [-0.25, -0.2) is 17.4 Å². The number of sulfonamides is 1. The molecule has 2 unspecified atom stereocenters. The lowest BCUT2D eigenvalue weighted by Crippen LogP contribution is -2.41. The second-order valence-electron chi connectivity index (χ2n) is 13.1. The number of nitrogens with one attached hydrogen (secondary N) is 1. The summed E-state index contributed by atoms with van der Waals surface area (Å²) in [4.78, 5) is 21.6. The van der Waals surface area contributed by atoms with Crippen molar-refractivity contribution < 1.29 is 36.2 Å². The molecule has 0 saturated carbocycles. The molecule has 1 spiro atoms. The Balaban J connectivity index is 1.27. The van der Waals surface area contributed by atoms with E-state index in [0.717, 1.165) is 5.56 Å². The van der Waals surface area contributed by atoms with Gasteiger partial charge in [-0.05, 0) is 68.1 Å². The quantitative estimate of drug-likeness (QED) is 0.316. The number of carbonyl (C=O) groups is 1. The molecule has 260 valence electrons. The number of piperidine rings is 2. The number of ether oxygens (including phenoxy) is 1. The van der Waals surface area contributed by atoms with Gasteiger partial charge < -0.3 is 25.8 Å². The maximum absolute atomic E-state index is 14.9. The van der Waals surface area contributed by atoms with Crippen LogP contribution in [0.4, 0.5) is 24.9 Å². The number of alkyl halides is 3. The van der Waals surface area contributed by atoms with Crippen molar-refractivity contribution in [3.63, 3.8) is 0 Å². The number of nitrogens with two attached hydrogens (primary N) is 1. The van der Waals surface area contributed by atoms with E-state index < -0.39 is 34.3 Å². The standard InChI is InChI=1S/C31H39F3N8O5S/c1-19-5-12-42(39-19)24-15-21(20-6-10-41(11-7-20)48(2,45)46)3-4-22(24)27(31(32,33)34)47-26-16-25(37-29(35)38-26)40-13-8-30(9-14-40)17-23(28(43)44)36-18-30/h3-5,12,15-16,20,23,27,36H,6-11,13-14,17-18H2,1-2H3,(H,43,44)(H2,35,37,38). The maximum Gasteiger partial charge on any atom is 0.429 e. The first-order valence-corrected chi connectivity index (χ1v) is 17.7. The molecule has 0 radical (unpaired) electrons. The highest BCUT2D eigenvalue weighted by Gasteiger charge is 2.46. The number of aromatic nitrogens is 4. The molecule has 3 aromatic rings. The van der Waals surface area contributed by atoms with Crippen LogP contribution in [0.2, 0.25) is 0 Å². The molecule has 48 heavy (non-hydrogen) atoms. The lowest BCUT2D eigenvalue weighted by molar-refractivity contribution is -0.198. The fraction of sp³-hybridized carbons (Fsp3) is 0.548. The van der Waals surface area contributed by atoms with Crippen molar-refractivity contribution in [3.05, 3.63) is 53.3 Å². The number of aryl methyl sites for hydroxylation is 1. The summed E-state index contributed by atoms with van der Waals surface area (Å²) < 4.78 is 77.0. The first-order valence-electron chi connectivity index (χ1n) is 15.8. The minimum Gasteiger partial charge on any atom is -0.480 e. The van der Waals surface area contributed by atoms with E-state index in [0.29, 0.717) is 76.3 Å². The fourth-order valence-corrected chi connectivity index (χ4v) is 7.94. The van der Waals surface area contributed by atoms with E-state index in [1.165, 1.54) is 27.4 Å². The topological polar surface area (TPSA) is 169 Å². The second-order valence-corrected chi connectivity index (χ2v) is 15.1. The van der Waals surface area contributed by atoms with Gasteiger partial charge in [-0.2, -0.15) is 28.2 Å². The van der Waals surface area contributed by atoms with Gasteiger partial charge in [0.15, 0.2) is 0 Å². The van der Waals surface area contributed by atoms with Crippen LogP contribution in [0, 0.1) is 12.3 Å². The summed E-state index contributed by atoms with van der Waals surface area (Å²) in [5.41, 5.74) is 7.20. The average Bonchev–Trinajstić information content (AvgIpc) is 3.65. The molecular weight excluding hydrogens is 653 g/mol. The molecule has 3 aliphatic rings. The predicted octanol–water partition coefficient (Wildman–Crippen LogP) is 3.41. The molecule has 3 fully saturated rings. The summed E-state index contributed by atoms with van der Waals surface area (Å²) in [5, 5.41) is 16.9. The molecule has 1 aromatic carbocycles. The van der Waals surface area contributed by atoms with Gasteiger partial charge in [0.2, 0.25) is 28.0 Å². The second kappa shape index (κ2) is 12.8. The lowest BCUT2D eigenvalue weighted by Gasteiger charge is -2.39. The number of aliphatic carboxylic acids is 1. The van der Waals surface area contributed by atoms with E-state index in [1.807, 2.05) is 4.90 Å². The monoisotopic (exact) mass is 692 g/mol. The maximum atomic E-state index is 14.9. The number of halogens is 3. The van der Waals surface area contributed by atoms with Crippen LogP contribution >= 0.6 is 0 Å². The van der Waals surface area contributed by atoms with Crippen LogP contribution < -0.4 is 20.7 Å². The van der Waals surface area contributed by atoms with Crippen molar-refractivity contribution in [3.8, 4) is 11.6 Å². The van der Waals surface area contributed by atoms with Crippen molar-refractivity contribution in [2.24, 2.45) is 5.41 Å². The lowest BCUT2D eigenvalue weighted by atomic mass is 9.76. The molecule has 6 rings (SSSR count). The van der Waals surface area contributed by atoms with Crippen LogP contribution in [0.15, 0.2) is 36.5 Å². The third kappa shape index (κ3) is 7.22. The summed E-state index contributed by atoms with van der Waals surface area (Å²) in [6.07, 6.45) is -1.60. The number of anilines is 2. The molecule has 4 N–H and O–H groups in total. The normalized spacial score (nSPS) is 21.4. The van der Waals surface area contributed by atoms with Gasteiger partial charge in [-0.1, -0.05) is 12.1 Å². The molecule has 0 bridgehead atoms. The van der Waals surface area contributed by atoms with Crippen LogP contribution in [0.25, 0.3) is 5.69 Å². The van der Waals surface area contributed by atoms with Gasteiger partial charge in [0.25, 0.3) is 0 Å². The number of nitrogens with zero attached hydrogens (tertiary/aromatic N) is 6. The Hall–Kier alpha value is -3.96. The molecule has 17 heteroatoms. The van der Waals surface area contributed by atoms with Crippen LogP contribution in [0.1, 0.15) is 60.9 Å². The summed E-state index contributed by atoms with van der Waals surface area (Å²) in [6.45, 7) is 4.00. The van der Waals surface area contributed by atoms with Crippen molar-refractivity contribution in [2.45, 2.75) is 63.3 Å². The Morgan fingerprint density at radius 3 is 2.42 bits per heavy atom. The minimum atomic E-state index is -4.85. The summed E-state index contributed by atoms with van der Waals surface area (Å²) in [5.74, 6) is -1.19. The van der Waals surface area contributed by atoms with Crippen molar-refractivity contribution in [1.29, 1.82) is 0 Å². The fourth-order valence-electron chi connectivity index (χ4n) is 7.07. The molecule has 3 aliphatic heterocycles. The molecule has 0 amide bonds. The smallest absolute Gasteiger partial charge is 0.429 e. The van der Waals surface area contributed by atoms with Crippen LogP contribution in [0.3, 0.4) is 0 Å². The third-order valence-electron chi connectivity index (χ3n) is 9.75. The third-order valence-corrected chi connectivity index (χ3v) is 11.1. The van der Waals surface area contributed by atoms with Gasteiger partial charge in [-0.15, -0.1) is 0 Å². The van der Waals surface area contributed by atoms with E-state index in [1.54, 1.807) is 31.3 Å². The van der Waals surface area contributed by atoms with E-state index in [2.05, 4.69) is 20.4 Å². The van der Waals surface area contributed by atoms with Crippen molar-refractivity contribution in [2.75, 3.05) is 49.6 Å². The molecule has 2 atom stereocenters. The highest BCUT2D eigenvalue weighted by Crippen LogP contribution is 2.43.